The maximum atomic E-state index is 13.8. The zero-order chi connectivity index (χ0) is 13.8. The van der Waals surface area contributed by atoms with E-state index in [1.54, 1.807) is 12.1 Å². The lowest BCUT2D eigenvalue weighted by atomic mass is 10.2. The summed E-state index contributed by atoms with van der Waals surface area (Å²) in [5.41, 5.74) is 1.22. The Hall–Kier alpha value is -1.27. The number of aryl methyl sites for hydroxylation is 1. The van der Waals surface area contributed by atoms with Crippen LogP contribution in [0.4, 0.5) is 4.39 Å². The van der Waals surface area contributed by atoms with Crippen molar-refractivity contribution in [3.63, 3.8) is 0 Å². The van der Waals surface area contributed by atoms with E-state index in [2.05, 4.69) is 25.7 Å². The fourth-order valence-corrected chi connectivity index (χ4v) is 3.15. The Morgan fingerprint density at radius 2 is 2.32 bits per heavy atom. The van der Waals surface area contributed by atoms with Crippen LogP contribution in [0.5, 0.6) is 0 Å². The van der Waals surface area contributed by atoms with Crippen LogP contribution in [0.2, 0.25) is 0 Å². The quantitative estimate of drug-likeness (QED) is 0.792. The van der Waals surface area contributed by atoms with Crippen LogP contribution in [-0.4, -0.2) is 18.1 Å². The lowest BCUT2D eigenvalue weighted by Crippen LogP contribution is -2.02. The van der Waals surface area contributed by atoms with Crippen molar-refractivity contribution in [2.24, 2.45) is 0 Å². The lowest BCUT2D eigenvalue weighted by Gasteiger charge is -2.01. The van der Waals surface area contributed by atoms with Crippen LogP contribution in [-0.2, 0) is 16.0 Å². The largest absolute Gasteiger partial charge is 0.469 e. The highest BCUT2D eigenvalue weighted by atomic mass is 79.9. The molecule has 0 amide bonds. The topological polar surface area (TPSA) is 39.2 Å². The second-order valence-corrected chi connectivity index (χ2v) is 5.53. The molecular formula is C13H11BrFNO2S. The van der Waals surface area contributed by atoms with Crippen molar-refractivity contribution >= 4 is 33.2 Å². The molecule has 0 aliphatic carbocycles. The first-order valence-electron chi connectivity index (χ1n) is 5.57. The summed E-state index contributed by atoms with van der Waals surface area (Å²) in [6.45, 7) is 0. The van der Waals surface area contributed by atoms with Crippen molar-refractivity contribution in [1.82, 2.24) is 4.98 Å². The van der Waals surface area contributed by atoms with Crippen molar-refractivity contribution in [3.05, 3.63) is 39.6 Å². The summed E-state index contributed by atoms with van der Waals surface area (Å²) in [6, 6.07) is 4.80. The minimum Gasteiger partial charge on any atom is -0.469 e. The third kappa shape index (κ3) is 3.39. The van der Waals surface area contributed by atoms with Gasteiger partial charge < -0.3 is 4.74 Å². The minimum atomic E-state index is -0.316. The number of ether oxygens (including phenoxy) is 1. The van der Waals surface area contributed by atoms with Gasteiger partial charge in [0.25, 0.3) is 0 Å². The van der Waals surface area contributed by atoms with Crippen LogP contribution in [0, 0.1) is 5.82 Å². The second-order valence-electron chi connectivity index (χ2n) is 3.82. The summed E-state index contributed by atoms with van der Waals surface area (Å²) < 4.78 is 19.0. The maximum absolute atomic E-state index is 13.8. The Kier molecular flexibility index (Phi) is 4.66. The van der Waals surface area contributed by atoms with Crippen LogP contribution >= 0.6 is 27.3 Å². The van der Waals surface area contributed by atoms with Gasteiger partial charge in [-0.3, -0.25) is 4.79 Å². The van der Waals surface area contributed by atoms with Gasteiger partial charge in [-0.1, -0.05) is 6.07 Å². The van der Waals surface area contributed by atoms with Crippen molar-refractivity contribution < 1.29 is 13.9 Å². The summed E-state index contributed by atoms with van der Waals surface area (Å²) >= 11 is 4.68. The van der Waals surface area contributed by atoms with Crippen molar-refractivity contribution in [2.45, 2.75) is 12.8 Å². The molecule has 0 unspecified atom stereocenters. The van der Waals surface area contributed by atoms with Gasteiger partial charge in [0.2, 0.25) is 0 Å². The molecule has 0 N–H and O–H groups in total. The van der Waals surface area contributed by atoms with Crippen LogP contribution < -0.4 is 0 Å². The van der Waals surface area contributed by atoms with Gasteiger partial charge >= 0.3 is 5.97 Å². The number of carbonyl (C=O) groups is 1. The molecule has 2 rings (SSSR count). The molecule has 2 aromatic rings. The Bertz CT molecular complexity index is 580. The molecule has 0 saturated carbocycles. The highest BCUT2D eigenvalue weighted by Crippen LogP contribution is 2.33. The predicted octanol–water partition coefficient (Wildman–Crippen LogP) is 3.82. The van der Waals surface area contributed by atoms with Crippen molar-refractivity contribution in [1.29, 1.82) is 0 Å². The van der Waals surface area contributed by atoms with E-state index in [1.165, 1.54) is 24.5 Å². The number of esters is 1. The predicted molar refractivity (Wildman–Crippen MR) is 75.5 cm³/mol. The molecule has 1 heterocycles. The van der Waals surface area contributed by atoms with E-state index >= 15 is 0 Å². The summed E-state index contributed by atoms with van der Waals surface area (Å²) in [5, 5.41) is 2.43. The van der Waals surface area contributed by atoms with Crippen molar-refractivity contribution in [3.8, 4) is 10.6 Å². The number of methoxy groups -OCH3 is 1. The van der Waals surface area contributed by atoms with Gasteiger partial charge in [0.15, 0.2) is 0 Å². The van der Waals surface area contributed by atoms with Gasteiger partial charge in [-0.25, -0.2) is 9.37 Å². The molecule has 0 fully saturated rings. The average Bonchev–Trinajstić information content (AvgIpc) is 2.84. The molecular weight excluding hydrogens is 333 g/mol. The van der Waals surface area contributed by atoms with E-state index in [4.69, 9.17) is 0 Å². The lowest BCUT2D eigenvalue weighted by molar-refractivity contribution is -0.140. The molecule has 0 atom stereocenters. The first-order valence-corrected chi connectivity index (χ1v) is 7.24. The van der Waals surface area contributed by atoms with Crippen LogP contribution in [0.25, 0.3) is 10.6 Å². The fraction of sp³-hybridized carbons (Fsp3) is 0.231. The molecule has 0 spiro atoms. The Morgan fingerprint density at radius 1 is 1.53 bits per heavy atom. The summed E-state index contributed by atoms with van der Waals surface area (Å²) in [4.78, 5) is 15.4. The number of halogens is 2. The van der Waals surface area contributed by atoms with Crippen LogP contribution in [0.3, 0.4) is 0 Å². The van der Waals surface area contributed by atoms with E-state index in [-0.39, 0.29) is 18.2 Å². The van der Waals surface area contributed by atoms with E-state index in [9.17, 15) is 9.18 Å². The number of hydrogen-bond donors (Lipinski definition) is 0. The number of carbonyl (C=O) groups excluding carboxylic acids is 1. The summed E-state index contributed by atoms with van der Waals surface area (Å²) in [6.07, 6.45) is 0.771. The molecule has 100 valence electrons. The normalized spacial score (nSPS) is 10.5. The standard InChI is InChI=1S/C13H11BrFNO2S/c1-18-11(17)6-5-8-7-19-13(16-8)12-9(14)3-2-4-10(12)15/h2-4,7H,5-6H2,1H3. The minimum absolute atomic E-state index is 0.276. The third-order valence-corrected chi connectivity index (χ3v) is 4.11. The zero-order valence-corrected chi connectivity index (χ0v) is 12.6. The van der Waals surface area contributed by atoms with Crippen LogP contribution in [0.1, 0.15) is 12.1 Å². The molecule has 1 aromatic carbocycles. The Morgan fingerprint density at radius 3 is 3.00 bits per heavy atom. The highest BCUT2D eigenvalue weighted by molar-refractivity contribution is 9.10. The summed E-state index contributed by atoms with van der Waals surface area (Å²) in [5.74, 6) is -0.593. The molecule has 3 nitrogen and oxygen atoms in total. The number of nitrogens with zero attached hydrogens (tertiary/aromatic N) is 1. The van der Waals surface area contributed by atoms with E-state index in [1.807, 2.05) is 5.38 Å². The number of rotatable bonds is 4. The van der Waals surface area contributed by atoms with Gasteiger partial charge in [-0.2, -0.15) is 0 Å². The van der Waals surface area contributed by atoms with E-state index in [0.29, 0.717) is 21.5 Å². The van der Waals surface area contributed by atoms with Gasteiger partial charge in [0.1, 0.15) is 10.8 Å². The molecule has 0 bridgehead atoms. The van der Waals surface area contributed by atoms with Crippen molar-refractivity contribution in [2.75, 3.05) is 7.11 Å². The van der Waals surface area contributed by atoms with E-state index < -0.39 is 0 Å². The maximum Gasteiger partial charge on any atom is 0.305 e. The molecule has 0 aliphatic heterocycles. The molecule has 0 saturated heterocycles. The molecule has 0 radical (unpaired) electrons. The fourth-order valence-electron chi connectivity index (χ4n) is 1.57. The first-order chi connectivity index (χ1) is 9.11. The monoisotopic (exact) mass is 343 g/mol. The Balaban J connectivity index is 2.19. The third-order valence-electron chi connectivity index (χ3n) is 2.54. The number of hydrogen-bond acceptors (Lipinski definition) is 4. The SMILES string of the molecule is COC(=O)CCc1csc(-c2c(F)cccc2Br)n1. The first kappa shape index (κ1) is 14.1. The molecule has 1 aromatic heterocycles. The Labute approximate surface area is 122 Å². The van der Waals surface area contributed by atoms with E-state index in [0.717, 1.165) is 5.69 Å². The smallest absolute Gasteiger partial charge is 0.305 e. The zero-order valence-electron chi connectivity index (χ0n) is 10.2. The number of aromatic nitrogens is 1. The average molecular weight is 344 g/mol. The number of thiazole rings is 1. The number of benzene rings is 1. The van der Waals surface area contributed by atoms with Gasteiger partial charge in [-0.15, -0.1) is 11.3 Å². The van der Waals surface area contributed by atoms with Crippen LogP contribution in [0.15, 0.2) is 28.1 Å². The highest BCUT2D eigenvalue weighted by Gasteiger charge is 2.13. The summed E-state index contributed by atoms with van der Waals surface area (Å²) in [7, 11) is 1.35. The molecule has 0 aliphatic rings. The second kappa shape index (κ2) is 6.25. The van der Waals surface area contributed by atoms with Gasteiger partial charge in [0, 0.05) is 16.3 Å². The molecule has 19 heavy (non-hydrogen) atoms. The van der Waals surface area contributed by atoms with Gasteiger partial charge in [0.05, 0.1) is 24.8 Å². The van der Waals surface area contributed by atoms with Gasteiger partial charge in [-0.05, 0) is 28.1 Å². The molecule has 6 heteroatoms.